The molecule has 0 atom stereocenters. The lowest BCUT2D eigenvalue weighted by Crippen LogP contribution is -2.31. The van der Waals surface area contributed by atoms with E-state index in [0.717, 1.165) is 5.56 Å². The van der Waals surface area contributed by atoms with E-state index in [4.69, 9.17) is 11.6 Å². The number of nitrogens with zero attached hydrogens (tertiary/aromatic N) is 1. The molecule has 1 N–H and O–H groups in total. The molecule has 4 nitrogen and oxygen atoms in total. The predicted molar refractivity (Wildman–Crippen MR) is 78.9 cm³/mol. The Labute approximate surface area is 122 Å². The molecule has 1 aromatic carbocycles. The summed E-state index contributed by atoms with van der Waals surface area (Å²) < 4.78 is 0. The lowest BCUT2D eigenvalue weighted by molar-refractivity contribution is 0.0752. The quantitative estimate of drug-likeness (QED) is 0.941. The van der Waals surface area contributed by atoms with Gasteiger partial charge in [-0.15, -0.1) is 0 Å². The minimum atomic E-state index is -0.283. The predicted octanol–water partition coefficient (Wildman–Crippen LogP) is 2.69. The van der Waals surface area contributed by atoms with Crippen LogP contribution in [0.1, 0.15) is 22.8 Å². The second-order valence-corrected chi connectivity index (χ2v) is 4.83. The molecule has 0 unspecified atom stereocenters. The number of H-pyrrole nitrogens is 1. The maximum atomic E-state index is 12.4. The maximum Gasteiger partial charge on any atom is 0.254 e. The summed E-state index contributed by atoms with van der Waals surface area (Å²) >= 11 is 5.94. The zero-order valence-electron chi connectivity index (χ0n) is 11.1. The van der Waals surface area contributed by atoms with Gasteiger partial charge in [-0.25, -0.2) is 0 Å². The number of pyridine rings is 1. The van der Waals surface area contributed by atoms with Crippen molar-refractivity contribution < 1.29 is 4.79 Å². The molecule has 0 bridgehead atoms. The molecule has 0 saturated carbocycles. The Morgan fingerprint density at radius 3 is 2.75 bits per heavy atom. The van der Waals surface area contributed by atoms with E-state index in [0.29, 0.717) is 23.7 Å². The van der Waals surface area contributed by atoms with Crippen LogP contribution in [0, 0.1) is 0 Å². The number of halogens is 1. The van der Waals surface area contributed by atoms with E-state index in [1.54, 1.807) is 17.0 Å². The third-order valence-electron chi connectivity index (χ3n) is 2.95. The molecule has 0 spiro atoms. The van der Waals surface area contributed by atoms with E-state index in [9.17, 15) is 9.59 Å². The number of aromatic nitrogens is 1. The van der Waals surface area contributed by atoms with Crippen LogP contribution in [0.15, 0.2) is 47.4 Å². The minimum absolute atomic E-state index is 0.168. The van der Waals surface area contributed by atoms with Crippen LogP contribution in [-0.4, -0.2) is 22.3 Å². The molecular weight excluding hydrogens is 276 g/mol. The Bertz CT molecular complexity index is 667. The van der Waals surface area contributed by atoms with Gasteiger partial charge < -0.3 is 9.88 Å². The number of hydrogen-bond acceptors (Lipinski definition) is 2. The molecule has 2 aromatic rings. The van der Waals surface area contributed by atoms with E-state index in [1.807, 2.05) is 25.1 Å². The number of hydrogen-bond donors (Lipinski definition) is 1. The van der Waals surface area contributed by atoms with E-state index in [-0.39, 0.29) is 11.5 Å². The number of rotatable bonds is 4. The largest absolute Gasteiger partial charge is 0.335 e. The Morgan fingerprint density at radius 1 is 1.30 bits per heavy atom. The molecule has 2 rings (SSSR count). The summed E-state index contributed by atoms with van der Waals surface area (Å²) in [6, 6.07) is 10.3. The topological polar surface area (TPSA) is 53.2 Å². The summed E-state index contributed by atoms with van der Waals surface area (Å²) in [5.41, 5.74) is 1.06. The van der Waals surface area contributed by atoms with Gasteiger partial charge in [0.2, 0.25) is 5.56 Å². The second kappa shape index (κ2) is 6.39. The van der Waals surface area contributed by atoms with Gasteiger partial charge >= 0.3 is 0 Å². The van der Waals surface area contributed by atoms with Crippen LogP contribution in [-0.2, 0) is 6.54 Å². The smallest absolute Gasteiger partial charge is 0.254 e. The van der Waals surface area contributed by atoms with Crippen molar-refractivity contribution in [2.75, 3.05) is 6.54 Å². The highest BCUT2D eigenvalue weighted by Crippen LogP contribution is 2.14. The first kappa shape index (κ1) is 14.3. The first-order valence-electron chi connectivity index (χ1n) is 6.32. The highest BCUT2D eigenvalue weighted by atomic mass is 35.5. The SMILES string of the molecule is CCN(Cc1cccc(Cl)c1)C(=O)c1cc[nH]c(=O)c1. The average Bonchev–Trinajstić information content (AvgIpc) is 2.44. The first-order chi connectivity index (χ1) is 9.60. The molecule has 5 heteroatoms. The van der Waals surface area contributed by atoms with Crippen molar-refractivity contribution in [3.63, 3.8) is 0 Å². The lowest BCUT2D eigenvalue weighted by atomic mass is 10.2. The Balaban J connectivity index is 2.20. The summed E-state index contributed by atoms with van der Waals surface area (Å²) in [7, 11) is 0. The van der Waals surface area contributed by atoms with Crippen molar-refractivity contribution in [2.24, 2.45) is 0 Å². The Morgan fingerprint density at radius 2 is 2.10 bits per heavy atom. The highest BCUT2D eigenvalue weighted by molar-refractivity contribution is 6.30. The van der Waals surface area contributed by atoms with Crippen LogP contribution in [0.2, 0.25) is 5.02 Å². The lowest BCUT2D eigenvalue weighted by Gasteiger charge is -2.21. The second-order valence-electron chi connectivity index (χ2n) is 4.39. The van der Waals surface area contributed by atoms with Gasteiger partial charge in [-0.3, -0.25) is 9.59 Å². The highest BCUT2D eigenvalue weighted by Gasteiger charge is 2.14. The normalized spacial score (nSPS) is 10.3. The average molecular weight is 291 g/mol. The fourth-order valence-corrected chi connectivity index (χ4v) is 2.16. The Kier molecular flexibility index (Phi) is 4.58. The van der Waals surface area contributed by atoms with Crippen LogP contribution in [0.4, 0.5) is 0 Å². The van der Waals surface area contributed by atoms with Gasteiger partial charge in [0.05, 0.1) is 0 Å². The van der Waals surface area contributed by atoms with E-state index in [1.165, 1.54) is 12.3 Å². The van der Waals surface area contributed by atoms with E-state index >= 15 is 0 Å². The third kappa shape index (κ3) is 3.48. The number of carbonyl (C=O) groups is 1. The zero-order chi connectivity index (χ0) is 14.5. The third-order valence-corrected chi connectivity index (χ3v) is 3.19. The van der Waals surface area contributed by atoms with Gasteiger partial charge in [0.1, 0.15) is 0 Å². The number of carbonyl (C=O) groups excluding carboxylic acids is 1. The number of nitrogens with one attached hydrogen (secondary N) is 1. The maximum absolute atomic E-state index is 12.4. The van der Waals surface area contributed by atoms with Crippen molar-refractivity contribution in [3.05, 3.63) is 69.1 Å². The summed E-state index contributed by atoms with van der Waals surface area (Å²) in [5, 5.41) is 0.641. The van der Waals surface area contributed by atoms with Gasteiger partial charge in [0.25, 0.3) is 5.91 Å². The molecule has 0 aliphatic carbocycles. The summed E-state index contributed by atoms with van der Waals surface area (Å²) in [5.74, 6) is -0.168. The van der Waals surface area contributed by atoms with Gasteiger partial charge in [0, 0.05) is 35.9 Å². The molecule has 104 valence electrons. The van der Waals surface area contributed by atoms with Crippen molar-refractivity contribution in [2.45, 2.75) is 13.5 Å². The monoisotopic (exact) mass is 290 g/mol. The molecule has 0 aliphatic heterocycles. The fourth-order valence-electron chi connectivity index (χ4n) is 1.94. The number of benzene rings is 1. The molecule has 0 saturated heterocycles. The van der Waals surface area contributed by atoms with Crippen LogP contribution in [0.3, 0.4) is 0 Å². The van der Waals surface area contributed by atoms with Crippen molar-refractivity contribution in [1.29, 1.82) is 0 Å². The van der Waals surface area contributed by atoms with Gasteiger partial charge in [-0.05, 0) is 30.7 Å². The summed E-state index contributed by atoms with van der Waals surface area (Å²) in [6.45, 7) is 2.91. The van der Waals surface area contributed by atoms with Crippen LogP contribution >= 0.6 is 11.6 Å². The van der Waals surface area contributed by atoms with Crippen LogP contribution in [0.25, 0.3) is 0 Å². The Hall–Kier alpha value is -2.07. The molecule has 1 heterocycles. The van der Waals surface area contributed by atoms with Crippen molar-refractivity contribution in [3.8, 4) is 0 Å². The van der Waals surface area contributed by atoms with Gasteiger partial charge in [-0.2, -0.15) is 0 Å². The van der Waals surface area contributed by atoms with Crippen LogP contribution < -0.4 is 5.56 Å². The van der Waals surface area contributed by atoms with Gasteiger partial charge in [-0.1, -0.05) is 23.7 Å². The van der Waals surface area contributed by atoms with Crippen molar-refractivity contribution in [1.82, 2.24) is 9.88 Å². The number of amides is 1. The molecule has 1 aromatic heterocycles. The summed E-state index contributed by atoms with van der Waals surface area (Å²) in [4.78, 5) is 27.8. The van der Waals surface area contributed by atoms with Gasteiger partial charge in [0.15, 0.2) is 0 Å². The molecule has 0 aliphatic rings. The van der Waals surface area contributed by atoms with Crippen LogP contribution in [0.5, 0.6) is 0 Å². The first-order valence-corrected chi connectivity index (χ1v) is 6.70. The molecule has 0 fully saturated rings. The number of aromatic amines is 1. The summed E-state index contributed by atoms with van der Waals surface area (Å²) in [6.07, 6.45) is 1.47. The fraction of sp³-hybridized carbons (Fsp3) is 0.200. The van der Waals surface area contributed by atoms with Crippen molar-refractivity contribution >= 4 is 17.5 Å². The standard InChI is InChI=1S/C15H15ClN2O2/c1-2-18(10-11-4-3-5-13(16)8-11)15(20)12-6-7-17-14(19)9-12/h3-9H,2,10H2,1H3,(H,17,19). The zero-order valence-corrected chi connectivity index (χ0v) is 11.9. The molecule has 1 amide bonds. The van der Waals surface area contributed by atoms with E-state index in [2.05, 4.69) is 4.98 Å². The minimum Gasteiger partial charge on any atom is -0.335 e. The molecular formula is C15H15ClN2O2. The molecule has 0 radical (unpaired) electrons. The van der Waals surface area contributed by atoms with E-state index < -0.39 is 0 Å². The molecule has 20 heavy (non-hydrogen) atoms.